The third kappa shape index (κ3) is 1.98. The van der Waals surface area contributed by atoms with Gasteiger partial charge in [0.2, 0.25) is 0 Å². The van der Waals surface area contributed by atoms with Crippen molar-refractivity contribution in [3.05, 3.63) is 42.2 Å². The second-order valence-electron chi connectivity index (χ2n) is 5.11. The molecule has 2 aromatic rings. The van der Waals surface area contributed by atoms with Crippen LogP contribution in [0.3, 0.4) is 0 Å². The lowest BCUT2D eigenvalue weighted by Crippen LogP contribution is -2.09. The molecule has 0 aliphatic heterocycles. The summed E-state index contributed by atoms with van der Waals surface area (Å²) in [6, 6.07) is 8.70. The van der Waals surface area contributed by atoms with E-state index in [4.69, 9.17) is 0 Å². The fourth-order valence-corrected chi connectivity index (χ4v) is 1.80. The zero-order valence-electron chi connectivity index (χ0n) is 9.12. The van der Waals surface area contributed by atoms with Gasteiger partial charge >= 0.3 is 0 Å². The van der Waals surface area contributed by atoms with Crippen molar-refractivity contribution in [1.29, 1.82) is 0 Å². The molecular formula is C13H17N. The molecule has 0 atom stereocenters. The van der Waals surface area contributed by atoms with E-state index in [1.54, 1.807) is 0 Å². The minimum atomic E-state index is 0.366. The lowest BCUT2D eigenvalue weighted by atomic mass is 9.88. The number of fused-ring (bicyclic) bond motifs is 1. The summed E-state index contributed by atoms with van der Waals surface area (Å²) in [5, 5.41) is 0. The normalized spacial score (nSPS) is 12.2. The van der Waals surface area contributed by atoms with Gasteiger partial charge in [-0.3, -0.25) is 0 Å². The Morgan fingerprint density at radius 3 is 2.64 bits per heavy atom. The first-order valence-electron chi connectivity index (χ1n) is 5.10. The van der Waals surface area contributed by atoms with E-state index in [1.807, 2.05) is 0 Å². The van der Waals surface area contributed by atoms with Gasteiger partial charge in [-0.05, 0) is 41.7 Å². The van der Waals surface area contributed by atoms with Crippen LogP contribution in [0.15, 0.2) is 36.7 Å². The summed E-state index contributed by atoms with van der Waals surface area (Å²) in [7, 11) is 0. The van der Waals surface area contributed by atoms with Crippen LogP contribution in [0.1, 0.15) is 26.3 Å². The first kappa shape index (κ1) is 9.32. The summed E-state index contributed by atoms with van der Waals surface area (Å²) < 4.78 is 2.14. The monoisotopic (exact) mass is 187 g/mol. The summed E-state index contributed by atoms with van der Waals surface area (Å²) in [6.07, 6.45) is 5.35. The first-order chi connectivity index (χ1) is 6.54. The molecule has 2 aromatic heterocycles. The molecule has 0 aliphatic carbocycles. The van der Waals surface area contributed by atoms with Crippen LogP contribution < -0.4 is 0 Å². The van der Waals surface area contributed by atoms with Gasteiger partial charge in [0.05, 0.1) is 0 Å². The smallest absolute Gasteiger partial charge is 0.0452 e. The van der Waals surface area contributed by atoms with E-state index in [9.17, 15) is 0 Å². The Morgan fingerprint density at radius 1 is 1.14 bits per heavy atom. The van der Waals surface area contributed by atoms with Crippen molar-refractivity contribution in [3.63, 3.8) is 0 Å². The standard InChI is InChI=1S/C13H17N/c1-13(2,3)10-11-6-8-14-7-4-5-12(14)9-11/h4-9H,10H2,1-3H3. The topological polar surface area (TPSA) is 4.41 Å². The number of aromatic nitrogens is 1. The molecule has 1 heteroatoms. The van der Waals surface area contributed by atoms with Gasteiger partial charge in [-0.1, -0.05) is 20.8 Å². The molecule has 0 saturated carbocycles. The molecule has 0 unspecified atom stereocenters. The van der Waals surface area contributed by atoms with E-state index in [0.29, 0.717) is 5.41 Å². The van der Waals surface area contributed by atoms with Crippen molar-refractivity contribution >= 4 is 5.52 Å². The second-order valence-corrected chi connectivity index (χ2v) is 5.11. The molecule has 2 heterocycles. The minimum absolute atomic E-state index is 0.366. The van der Waals surface area contributed by atoms with E-state index in [2.05, 4.69) is 61.8 Å². The molecule has 0 aromatic carbocycles. The van der Waals surface area contributed by atoms with Crippen LogP contribution in [0.5, 0.6) is 0 Å². The number of hydrogen-bond acceptors (Lipinski definition) is 0. The molecule has 0 spiro atoms. The Hall–Kier alpha value is -1.24. The number of hydrogen-bond donors (Lipinski definition) is 0. The Kier molecular flexibility index (Phi) is 2.10. The van der Waals surface area contributed by atoms with Gasteiger partial charge in [0.25, 0.3) is 0 Å². The SMILES string of the molecule is CC(C)(C)Cc1ccn2cccc2c1. The molecule has 2 rings (SSSR count). The summed E-state index contributed by atoms with van der Waals surface area (Å²) in [5.74, 6) is 0. The maximum Gasteiger partial charge on any atom is 0.0452 e. The highest BCUT2D eigenvalue weighted by molar-refractivity contribution is 5.49. The lowest BCUT2D eigenvalue weighted by Gasteiger charge is -2.18. The molecule has 74 valence electrons. The molecule has 14 heavy (non-hydrogen) atoms. The maximum absolute atomic E-state index is 2.27. The highest BCUT2D eigenvalue weighted by atomic mass is 14.8. The fraction of sp³-hybridized carbons (Fsp3) is 0.385. The van der Waals surface area contributed by atoms with E-state index in [1.165, 1.54) is 11.1 Å². The van der Waals surface area contributed by atoms with Gasteiger partial charge in [-0.2, -0.15) is 0 Å². The van der Waals surface area contributed by atoms with Crippen LogP contribution in [0.25, 0.3) is 5.52 Å². The predicted octanol–water partition coefficient (Wildman–Crippen LogP) is 3.53. The van der Waals surface area contributed by atoms with Gasteiger partial charge in [-0.15, -0.1) is 0 Å². The molecule has 0 amide bonds. The van der Waals surface area contributed by atoms with Gasteiger partial charge < -0.3 is 4.40 Å². The molecule has 0 fully saturated rings. The van der Waals surface area contributed by atoms with Crippen molar-refractivity contribution in [2.45, 2.75) is 27.2 Å². The van der Waals surface area contributed by atoms with Gasteiger partial charge in [0.15, 0.2) is 0 Å². The van der Waals surface area contributed by atoms with Crippen molar-refractivity contribution < 1.29 is 0 Å². The van der Waals surface area contributed by atoms with Gasteiger partial charge in [-0.25, -0.2) is 0 Å². The van der Waals surface area contributed by atoms with E-state index >= 15 is 0 Å². The van der Waals surface area contributed by atoms with Crippen LogP contribution in [0.4, 0.5) is 0 Å². The largest absolute Gasteiger partial charge is 0.324 e. The first-order valence-corrected chi connectivity index (χ1v) is 5.10. The Bertz CT molecular complexity index is 432. The zero-order valence-corrected chi connectivity index (χ0v) is 9.12. The Labute approximate surface area is 85.4 Å². The molecule has 0 radical (unpaired) electrons. The van der Waals surface area contributed by atoms with Crippen LogP contribution >= 0.6 is 0 Å². The van der Waals surface area contributed by atoms with Crippen molar-refractivity contribution in [1.82, 2.24) is 4.40 Å². The van der Waals surface area contributed by atoms with Crippen LogP contribution in [0, 0.1) is 5.41 Å². The number of nitrogens with zero attached hydrogens (tertiary/aromatic N) is 1. The van der Waals surface area contributed by atoms with E-state index in [0.717, 1.165) is 6.42 Å². The molecule has 0 bridgehead atoms. The molecule has 0 saturated heterocycles. The molecule has 1 nitrogen and oxygen atoms in total. The quantitative estimate of drug-likeness (QED) is 0.643. The summed E-state index contributed by atoms with van der Waals surface area (Å²) in [5.41, 5.74) is 3.07. The van der Waals surface area contributed by atoms with Crippen LogP contribution in [0.2, 0.25) is 0 Å². The zero-order chi connectivity index (χ0) is 10.2. The van der Waals surface area contributed by atoms with Crippen LogP contribution in [-0.4, -0.2) is 4.40 Å². The lowest BCUT2D eigenvalue weighted by molar-refractivity contribution is 0.411. The van der Waals surface area contributed by atoms with E-state index in [-0.39, 0.29) is 0 Å². The second kappa shape index (κ2) is 3.16. The molecular weight excluding hydrogens is 170 g/mol. The van der Waals surface area contributed by atoms with Crippen molar-refractivity contribution in [2.24, 2.45) is 5.41 Å². The third-order valence-electron chi connectivity index (χ3n) is 2.33. The van der Waals surface area contributed by atoms with E-state index < -0.39 is 0 Å². The minimum Gasteiger partial charge on any atom is -0.324 e. The summed E-state index contributed by atoms with van der Waals surface area (Å²) in [4.78, 5) is 0. The summed E-state index contributed by atoms with van der Waals surface area (Å²) in [6.45, 7) is 6.82. The average Bonchev–Trinajstić information content (AvgIpc) is 2.47. The predicted molar refractivity (Wildman–Crippen MR) is 60.6 cm³/mol. The maximum atomic E-state index is 2.27. The Balaban J connectivity index is 2.35. The van der Waals surface area contributed by atoms with Crippen molar-refractivity contribution in [3.8, 4) is 0 Å². The molecule has 0 N–H and O–H groups in total. The fourth-order valence-electron chi connectivity index (χ4n) is 1.80. The highest BCUT2D eigenvalue weighted by Crippen LogP contribution is 2.21. The highest BCUT2D eigenvalue weighted by Gasteiger charge is 2.11. The molecule has 0 aliphatic rings. The number of pyridine rings is 1. The van der Waals surface area contributed by atoms with Crippen LogP contribution in [-0.2, 0) is 6.42 Å². The van der Waals surface area contributed by atoms with Gasteiger partial charge in [0, 0.05) is 17.9 Å². The third-order valence-corrected chi connectivity index (χ3v) is 2.33. The Morgan fingerprint density at radius 2 is 1.93 bits per heavy atom. The number of rotatable bonds is 1. The average molecular weight is 187 g/mol. The van der Waals surface area contributed by atoms with Crippen molar-refractivity contribution in [2.75, 3.05) is 0 Å². The summed E-state index contributed by atoms with van der Waals surface area (Å²) >= 11 is 0. The van der Waals surface area contributed by atoms with Gasteiger partial charge in [0.1, 0.15) is 0 Å².